The van der Waals surface area contributed by atoms with Gasteiger partial charge in [0, 0.05) is 18.7 Å². The van der Waals surface area contributed by atoms with Crippen LogP contribution >= 0.6 is 0 Å². The van der Waals surface area contributed by atoms with Gasteiger partial charge in [-0.1, -0.05) is 0 Å². The van der Waals surface area contributed by atoms with Gasteiger partial charge in [-0.15, -0.1) is 0 Å². The van der Waals surface area contributed by atoms with E-state index in [9.17, 15) is 0 Å². The number of likely N-dealkylation sites (N-methyl/N-ethyl adjacent to an activating group) is 1. The Morgan fingerprint density at radius 3 is 2.81 bits per heavy atom. The van der Waals surface area contributed by atoms with E-state index in [1.165, 1.54) is 0 Å². The number of hydrogen-bond acceptors (Lipinski definition) is 4. The predicted octanol–water partition coefficient (Wildman–Crippen LogP) is 2.00. The number of hydrogen-bond donors (Lipinski definition) is 1. The molecule has 0 fully saturated rings. The van der Waals surface area contributed by atoms with Crippen LogP contribution in [0.25, 0.3) is 0 Å². The Morgan fingerprint density at radius 2 is 2.25 bits per heavy atom. The molecule has 2 aromatic heterocycles. The normalized spacial score (nSPS) is 13.2. The van der Waals surface area contributed by atoms with Gasteiger partial charge in [0.1, 0.15) is 5.76 Å². The SMILES string of the molecule is CN(Cc1ccoc1)C(CN)c1ccco1. The molecule has 0 aliphatic rings. The van der Waals surface area contributed by atoms with E-state index in [0.717, 1.165) is 17.9 Å². The maximum Gasteiger partial charge on any atom is 0.122 e. The molecule has 2 rings (SSSR count). The molecule has 0 spiro atoms. The first-order chi connectivity index (χ1) is 7.81. The van der Waals surface area contributed by atoms with Crippen molar-refractivity contribution < 1.29 is 8.83 Å². The largest absolute Gasteiger partial charge is 0.472 e. The van der Waals surface area contributed by atoms with Crippen LogP contribution in [-0.4, -0.2) is 18.5 Å². The van der Waals surface area contributed by atoms with E-state index in [1.807, 2.05) is 25.2 Å². The molecule has 0 aromatic carbocycles. The third kappa shape index (κ3) is 2.35. The predicted molar refractivity (Wildman–Crippen MR) is 60.7 cm³/mol. The van der Waals surface area contributed by atoms with Crippen LogP contribution < -0.4 is 5.73 Å². The summed E-state index contributed by atoms with van der Waals surface area (Å²) in [6.07, 6.45) is 5.09. The highest BCUT2D eigenvalue weighted by Gasteiger charge is 2.18. The molecule has 86 valence electrons. The Kier molecular flexibility index (Phi) is 3.44. The first-order valence-electron chi connectivity index (χ1n) is 5.26. The summed E-state index contributed by atoms with van der Waals surface area (Å²) in [4.78, 5) is 2.14. The van der Waals surface area contributed by atoms with Gasteiger partial charge in [0.2, 0.25) is 0 Å². The third-order valence-electron chi connectivity index (χ3n) is 2.64. The van der Waals surface area contributed by atoms with Gasteiger partial charge in [0.15, 0.2) is 0 Å². The molecule has 0 aliphatic carbocycles. The van der Waals surface area contributed by atoms with E-state index >= 15 is 0 Å². The standard InChI is InChI=1S/C12H16N2O2/c1-14(8-10-4-6-15-9-10)11(7-13)12-3-2-5-16-12/h2-6,9,11H,7-8,13H2,1H3. The molecule has 0 radical (unpaired) electrons. The van der Waals surface area contributed by atoms with Gasteiger partial charge in [-0.2, -0.15) is 0 Å². The zero-order chi connectivity index (χ0) is 11.4. The summed E-state index contributed by atoms with van der Waals surface area (Å²) < 4.78 is 10.4. The van der Waals surface area contributed by atoms with Crippen LogP contribution in [0.5, 0.6) is 0 Å². The van der Waals surface area contributed by atoms with E-state index in [4.69, 9.17) is 14.6 Å². The van der Waals surface area contributed by atoms with Gasteiger partial charge in [-0.05, 0) is 25.2 Å². The molecule has 4 nitrogen and oxygen atoms in total. The van der Waals surface area contributed by atoms with Crippen LogP contribution in [0.15, 0.2) is 45.8 Å². The number of nitrogens with zero attached hydrogens (tertiary/aromatic N) is 1. The van der Waals surface area contributed by atoms with E-state index in [0.29, 0.717) is 6.54 Å². The summed E-state index contributed by atoms with van der Waals surface area (Å²) in [6, 6.07) is 5.88. The lowest BCUT2D eigenvalue weighted by Gasteiger charge is -2.24. The fourth-order valence-electron chi connectivity index (χ4n) is 1.77. The van der Waals surface area contributed by atoms with Gasteiger partial charge < -0.3 is 14.6 Å². The van der Waals surface area contributed by atoms with Gasteiger partial charge in [0.05, 0.1) is 24.8 Å². The zero-order valence-electron chi connectivity index (χ0n) is 9.30. The molecule has 16 heavy (non-hydrogen) atoms. The minimum absolute atomic E-state index is 0.102. The lowest BCUT2D eigenvalue weighted by molar-refractivity contribution is 0.212. The summed E-state index contributed by atoms with van der Waals surface area (Å²) in [7, 11) is 2.02. The van der Waals surface area contributed by atoms with Crippen LogP contribution in [0.3, 0.4) is 0 Å². The Morgan fingerprint density at radius 1 is 1.38 bits per heavy atom. The number of furan rings is 2. The molecular formula is C12H16N2O2. The maximum absolute atomic E-state index is 5.77. The molecule has 2 aromatic rings. The smallest absolute Gasteiger partial charge is 0.122 e. The van der Waals surface area contributed by atoms with Crippen LogP contribution in [0.4, 0.5) is 0 Å². The van der Waals surface area contributed by atoms with Crippen LogP contribution in [0.2, 0.25) is 0 Å². The topological polar surface area (TPSA) is 55.5 Å². The molecule has 0 saturated heterocycles. The monoisotopic (exact) mass is 220 g/mol. The van der Waals surface area contributed by atoms with Crippen molar-refractivity contribution in [2.75, 3.05) is 13.6 Å². The molecule has 0 aliphatic heterocycles. The first-order valence-corrected chi connectivity index (χ1v) is 5.26. The number of nitrogens with two attached hydrogens (primary N) is 1. The summed E-state index contributed by atoms with van der Waals surface area (Å²) in [5.41, 5.74) is 6.90. The molecule has 0 saturated carbocycles. The average Bonchev–Trinajstić information content (AvgIpc) is 2.91. The Bertz CT molecular complexity index is 395. The summed E-state index contributed by atoms with van der Waals surface area (Å²) >= 11 is 0. The van der Waals surface area contributed by atoms with Gasteiger partial charge in [-0.25, -0.2) is 0 Å². The zero-order valence-corrected chi connectivity index (χ0v) is 9.30. The molecular weight excluding hydrogens is 204 g/mol. The van der Waals surface area contributed by atoms with Crippen LogP contribution in [0.1, 0.15) is 17.4 Å². The van der Waals surface area contributed by atoms with Crippen molar-refractivity contribution >= 4 is 0 Å². The van der Waals surface area contributed by atoms with Crippen molar-refractivity contribution in [1.29, 1.82) is 0 Å². The molecule has 1 unspecified atom stereocenters. The Balaban J connectivity index is 2.04. The molecule has 2 heterocycles. The van der Waals surface area contributed by atoms with Gasteiger partial charge in [-0.3, -0.25) is 4.90 Å². The van der Waals surface area contributed by atoms with Crippen molar-refractivity contribution in [1.82, 2.24) is 4.90 Å². The highest BCUT2D eigenvalue weighted by molar-refractivity contribution is 5.08. The minimum atomic E-state index is 0.102. The van der Waals surface area contributed by atoms with E-state index in [1.54, 1.807) is 18.8 Å². The Labute approximate surface area is 94.6 Å². The summed E-state index contributed by atoms with van der Waals surface area (Å²) in [5, 5.41) is 0. The highest BCUT2D eigenvalue weighted by atomic mass is 16.3. The second kappa shape index (κ2) is 5.01. The molecule has 0 amide bonds. The van der Waals surface area contributed by atoms with Crippen molar-refractivity contribution in [3.05, 3.63) is 48.3 Å². The summed E-state index contributed by atoms with van der Waals surface area (Å²) in [6.45, 7) is 1.32. The van der Waals surface area contributed by atoms with Crippen molar-refractivity contribution in [3.8, 4) is 0 Å². The van der Waals surface area contributed by atoms with Crippen molar-refractivity contribution in [2.24, 2.45) is 5.73 Å². The number of rotatable bonds is 5. The maximum atomic E-state index is 5.77. The van der Waals surface area contributed by atoms with E-state index in [2.05, 4.69) is 4.90 Å². The van der Waals surface area contributed by atoms with E-state index < -0.39 is 0 Å². The lowest BCUT2D eigenvalue weighted by atomic mass is 10.2. The minimum Gasteiger partial charge on any atom is -0.472 e. The second-order valence-electron chi connectivity index (χ2n) is 3.81. The third-order valence-corrected chi connectivity index (χ3v) is 2.64. The van der Waals surface area contributed by atoms with Gasteiger partial charge >= 0.3 is 0 Å². The summed E-state index contributed by atoms with van der Waals surface area (Å²) in [5.74, 6) is 0.897. The van der Waals surface area contributed by atoms with Crippen LogP contribution in [0, 0.1) is 0 Å². The lowest BCUT2D eigenvalue weighted by Crippen LogP contribution is -2.29. The fourth-order valence-corrected chi connectivity index (χ4v) is 1.77. The van der Waals surface area contributed by atoms with Crippen molar-refractivity contribution in [3.63, 3.8) is 0 Å². The second-order valence-corrected chi connectivity index (χ2v) is 3.81. The van der Waals surface area contributed by atoms with Crippen LogP contribution in [-0.2, 0) is 6.54 Å². The quantitative estimate of drug-likeness (QED) is 0.837. The molecule has 0 bridgehead atoms. The van der Waals surface area contributed by atoms with Crippen molar-refractivity contribution in [2.45, 2.75) is 12.6 Å². The Hall–Kier alpha value is -1.52. The first kappa shape index (κ1) is 11.0. The molecule has 4 heteroatoms. The highest BCUT2D eigenvalue weighted by Crippen LogP contribution is 2.20. The molecule has 2 N–H and O–H groups in total. The average molecular weight is 220 g/mol. The van der Waals surface area contributed by atoms with E-state index in [-0.39, 0.29) is 6.04 Å². The van der Waals surface area contributed by atoms with Gasteiger partial charge in [0.25, 0.3) is 0 Å². The fraction of sp³-hybridized carbons (Fsp3) is 0.333. The molecule has 1 atom stereocenters.